The Bertz CT molecular complexity index is 466. The average molecular weight is 275 g/mol. The highest BCUT2D eigenvalue weighted by Gasteiger charge is 2.42. The smallest absolute Gasteiger partial charge is 0.0733 e. The van der Waals surface area contributed by atoms with Crippen LogP contribution in [0.4, 0.5) is 0 Å². The van der Waals surface area contributed by atoms with E-state index in [9.17, 15) is 5.11 Å². The van der Waals surface area contributed by atoms with E-state index in [1.54, 1.807) is 0 Å². The second kappa shape index (κ2) is 4.85. The third-order valence-electron chi connectivity index (χ3n) is 5.46. The fourth-order valence-corrected chi connectivity index (χ4v) is 4.55. The summed E-state index contributed by atoms with van der Waals surface area (Å²) >= 11 is 0. The summed E-state index contributed by atoms with van der Waals surface area (Å²) in [7, 11) is 0. The number of nitrogens with zero attached hydrogens (tertiary/aromatic N) is 2. The Morgan fingerprint density at radius 1 is 1.20 bits per heavy atom. The van der Waals surface area contributed by atoms with Gasteiger partial charge < -0.3 is 10.4 Å². The molecule has 4 heteroatoms. The lowest BCUT2D eigenvalue weighted by Gasteiger charge is -2.36. The lowest BCUT2D eigenvalue weighted by molar-refractivity contribution is -0.00699. The molecule has 3 fully saturated rings. The fourth-order valence-electron chi connectivity index (χ4n) is 4.55. The molecule has 20 heavy (non-hydrogen) atoms. The molecule has 110 valence electrons. The molecule has 1 saturated carbocycles. The molecule has 2 atom stereocenters. The van der Waals surface area contributed by atoms with Crippen molar-refractivity contribution in [3.63, 3.8) is 0 Å². The molecule has 4 nitrogen and oxygen atoms in total. The SMILES string of the molecule is OC1(Cc2ccn(C3CCCC3)n2)C[C@@H]2CC[C@@H](C1)N2. The van der Waals surface area contributed by atoms with Crippen LogP contribution in [0.15, 0.2) is 12.3 Å². The van der Waals surface area contributed by atoms with Crippen molar-refractivity contribution in [3.8, 4) is 0 Å². The Morgan fingerprint density at radius 3 is 2.60 bits per heavy atom. The normalized spacial score (nSPS) is 37.6. The summed E-state index contributed by atoms with van der Waals surface area (Å²) < 4.78 is 2.14. The lowest BCUT2D eigenvalue weighted by Crippen LogP contribution is -2.49. The average Bonchev–Trinajstić information content (AvgIpc) is 3.09. The third kappa shape index (κ3) is 2.40. The van der Waals surface area contributed by atoms with Crippen molar-refractivity contribution in [1.82, 2.24) is 15.1 Å². The van der Waals surface area contributed by atoms with E-state index < -0.39 is 5.60 Å². The lowest BCUT2D eigenvalue weighted by atomic mass is 9.84. The van der Waals surface area contributed by atoms with Crippen LogP contribution in [0.2, 0.25) is 0 Å². The molecule has 2 bridgehead atoms. The van der Waals surface area contributed by atoms with Gasteiger partial charge in [-0.3, -0.25) is 4.68 Å². The van der Waals surface area contributed by atoms with Crippen molar-refractivity contribution in [2.75, 3.05) is 0 Å². The number of hydrogen-bond donors (Lipinski definition) is 2. The minimum absolute atomic E-state index is 0.524. The minimum atomic E-state index is -0.536. The van der Waals surface area contributed by atoms with E-state index in [4.69, 9.17) is 5.10 Å². The van der Waals surface area contributed by atoms with Crippen LogP contribution in [0.25, 0.3) is 0 Å². The number of rotatable bonds is 3. The maximum atomic E-state index is 10.9. The number of fused-ring (bicyclic) bond motifs is 2. The van der Waals surface area contributed by atoms with Gasteiger partial charge in [-0.15, -0.1) is 0 Å². The Kier molecular flexibility index (Phi) is 3.11. The van der Waals surface area contributed by atoms with Gasteiger partial charge in [0, 0.05) is 24.7 Å². The summed E-state index contributed by atoms with van der Waals surface area (Å²) in [6.07, 6.45) is 12.3. The highest BCUT2D eigenvalue weighted by molar-refractivity contribution is 5.09. The molecule has 3 heterocycles. The van der Waals surface area contributed by atoms with E-state index in [0.29, 0.717) is 18.1 Å². The van der Waals surface area contributed by atoms with Crippen LogP contribution in [0.1, 0.15) is 63.1 Å². The summed E-state index contributed by atoms with van der Waals surface area (Å²) in [6, 6.07) is 3.76. The quantitative estimate of drug-likeness (QED) is 0.889. The summed E-state index contributed by atoms with van der Waals surface area (Å²) in [6.45, 7) is 0. The van der Waals surface area contributed by atoms with Gasteiger partial charge in [0.05, 0.1) is 17.3 Å². The highest BCUT2D eigenvalue weighted by atomic mass is 16.3. The molecule has 1 aromatic rings. The molecular formula is C16H25N3O. The van der Waals surface area contributed by atoms with E-state index in [0.717, 1.165) is 25.0 Å². The largest absolute Gasteiger partial charge is 0.389 e. The Hall–Kier alpha value is -0.870. The van der Waals surface area contributed by atoms with E-state index in [1.807, 2.05) is 0 Å². The first kappa shape index (κ1) is 12.8. The summed E-state index contributed by atoms with van der Waals surface area (Å²) in [5, 5.41) is 19.2. The maximum absolute atomic E-state index is 10.9. The second-order valence-electron chi connectivity index (χ2n) is 7.17. The standard InChI is InChI=1S/C16H25N3O/c20-16(9-12-5-6-13(10-16)17-12)11-14-7-8-19(18-14)15-3-1-2-4-15/h7-8,12-13,15,17,20H,1-6,9-11H2/t12-,13-/m0/s1. The van der Waals surface area contributed by atoms with Gasteiger partial charge in [-0.1, -0.05) is 12.8 Å². The Labute approximate surface area is 120 Å². The zero-order valence-electron chi connectivity index (χ0n) is 12.1. The van der Waals surface area contributed by atoms with Crippen molar-refractivity contribution in [2.24, 2.45) is 0 Å². The first-order valence-corrected chi connectivity index (χ1v) is 8.23. The summed E-state index contributed by atoms with van der Waals surface area (Å²) in [5.41, 5.74) is 0.534. The van der Waals surface area contributed by atoms with Crippen LogP contribution in [0.3, 0.4) is 0 Å². The van der Waals surface area contributed by atoms with Crippen molar-refractivity contribution in [1.29, 1.82) is 0 Å². The molecule has 2 saturated heterocycles. The van der Waals surface area contributed by atoms with Crippen LogP contribution in [0, 0.1) is 0 Å². The van der Waals surface area contributed by atoms with Gasteiger partial charge in [-0.2, -0.15) is 5.10 Å². The predicted molar refractivity (Wildman–Crippen MR) is 77.6 cm³/mol. The van der Waals surface area contributed by atoms with Crippen molar-refractivity contribution >= 4 is 0 Å². The zero-order chi connectivity index (χ0) is 13.6. The van der Waals surface area contributed by atoms with Crippen molar-refractivity contribution < 1.29 is 5.11 Å². The van der Waals surface area contributed by atoms with E-state index >= 15 is 0 Å². The highest BCUT2D eigenvalue weighted by Crippen LogP contribution is 2.36. The number of aromatic nitrogens is 2. The van der Waals surface area contributed by atoms with Gasteiger partial charge in [-0.25, -0.2) is 0 Å². The molecule has 1 aromatic heterocycles. The minimum Gasteiger partial charge on any atom is -0.389 e. The number of piperidine rings is 1. The Balaban J connectivity index is 1.45. The molecule has 4 rings (SSSR count). The van der Waals surface area contributed by atoms with Gasteiger partial charge in [-0.05, 0) is 44.6 Å². The molecule has 0 radical (unpaired) electrons. The predicted octanol–water partition coefficient (Wildman–Crippen LogP) is 2.19. The summed E-state index contributed by atoms with van der Waals surface area (Å²) in [5.74, 6) is 0. The van der Waals surface area contributed by atoms with Gasteiger partial charge in [0.15, 0.2) is 0 Å². The molecule has 3 aliphatic rings. The molecule has 0 aromatic carbocycles. The fraction of sp³-hybridized carbons (Fsp3) is 0.812. The molecule has 2 N–H and O–H groups in total. The topological polar surface area (TPSA) is 50.1 Å². The maximum Gasteiger partial charge on any atom is 0.0733 e. The molecule has 2 aliphatic heterocycles. The monoisotopic (exact) mass is 275 g/mol. The first-order valence-electron chi connectivity index (χ1n) is 8.23. The number of nitrogens with one attached hydrogen (secondary N) is 1. The molecular weight excluding hydrogens is 250 g/mol. The van der Waals surface area contributed by atoms with Crippen LogP contribution >= 0.6 is 0 Å². The first-order chi connectivity index (χ1) is 9.70. The molecule has 1 aliphatic carbocycles. The number of hydrogen-bond acceptors (Lipinski definition) is 3. The molecule has 0 spiro atoms. The van der Waals surface area contributed by atoms with Crippen LogP contribution in [0.5, 0.6) is 0 Å². The van der Waals surface area contributed by atoms with Crippen LogP contribution in [-0.2, 0) is 6.42 Å². The van der Waals surface area contributed by atoms with Crippen molar-refractivity contribution in [2.45, 2.75) is 81.5 Å². The van der Waals surface area contributed by atoms with Crippen LogP contribution in [-0.4, -0.2) is 32.6 Å². The third-order valence-corrected chi connectivity index (χ3v) is 5.46. The summed E-state index contributed by atoms with van der Waals surface area (Å²) in [4.78, 5) is 0. The molecule has 0 unspecified atom stereocenters. The Morgan fingerprint density at radius 2 is 1.90 bits per heavy atom. The van der Waals surface area contributed by atoms with Crippen LogP contribution < -0.4 is 5.32 Å². The van der Waals surface area contributed by atoms with Crippen molar-refractivity contribution in [3.05, 3.63) is 18.0 Å². The van der Waals surface area contributed by atoms with Gasteiger partial charge in [0.1, 0.15) is 0 Å². The zero-order valence-corrected chi connectivity index (χ0v) is 12.1. The van der Waals surface area contributed by atoms with Gasteiger partial charge in [0.2, 0.25) is 0 Å². The second-order valence-corrected chi connectivity index (χ2v) is 7.17. The van der Waals surface area contributed by atoms with Gasteiger partial charge >= 0.3 is 0 Å². The van der Waals surface area contributed by atoms with Gasteiger partial charge in [0.25, 0.3) is 0 Å². The molecule has 0 amide bonds. The van der Waals surface area contributed by atoms with E-state index in [2.05, 4.69) is 22.3 Å². The van der Waals surface area contributed by atoms with E-state index in [-0.39, 0.29) is 0 Å². The number of aliphatic hydroxyl groups is 1. The van der Waals surface area contributed by atoms with E-state index in [1.165, 1.54) is 38.5 Å².